The molecule has 0 amide bonds. The van der Waals surface area contributed by atoms with Crippen LogP contribution in [0.1, 0.15) is 21.3 Å². The second kappa shape index (κ2) is 23.8. The third kappa shape index (κ3) is 80.7. The topological polar surface area (TPSA) is 57.2 Å². The first-order chi connectivity index (χ1) is 12.7. The minimum Gasteiger partial charge on any atom is -0.421 e. The molecular formula is C22H64O5Si4. The summed E-state index contributed by atoms with van der Waals surface area (Å²) < 4.78 is 20.7. The van der Waals surface area contributed by atoms with E-state index in [2.05, 4.69) is 78.6 Å². The minimum atomic E-state index is -1.38. The standard InChI is InChI=1S/C8H20O3Si.2C4H12OSi.C4H12Si.2CH4/c1-10-12(2,3)8-4-6-11-7-5-9;2*1-5-6(2,3)4;1-5(2,3)4;;/h9H,4-8H2,1-3H3;2*1-4H3;1-4H3;2*1H4. The maximum Gasteiger partial charge on any atom is 0.186 e. The van der Waals surface area contributed by atoms with Crippen molar-refractivity contribution in [2.75, 3.05) is 41.2 Å². The Hall–Kier alpha value is 0.668. The second-order valence-electron chi connectivity index (χ2n) is 11.0. The Balaban J connectivity index is -0.0000000708. The van der Waals surface area contributed by atoms with Gasteiger partial charge in [-0.05, 0) is 64.8 Å². The normalized spacial score (nSPS) is 11.2. The van der Waals surface area contributed by atoms with E-state index in [9.17, 15) is 0 Å². The first-order valence-electron chi connectivity index (χ1n) is 10.6. The van der Waals surface area contributed by atoms with E-state index in [0.29, 0.717) is 6.61 Å². The summed E-state index contributed by atoms with van der Waals surface area (Å²) in [4.78, 5) is 0. The van der Waals surface area contributed by atoms with Gasteiger partial charge in [-0.25, -0.2) is 0 Å². The van der Waals surface area contributed by atoms with Gasteiger partial charge in [-0.15, -0.1) is 0 Å². The van der Waals surface area contributed by atoms with Crippen molar-refractivity contribution in [1.82, 2.24) is 0 Å². The van der Waals surface area contributed by atoms with E-state index in [1.165, 1.54) is 0 Å². The third-order valence-electron chi connectivity index (χ3n) is 3.08. The molecule has 198 valence electrons. The lowest BCUT2D eigenvalue weighted by Gasteiger charge is -2.19. The zero-order valence-electron chi connectivity index (χ0n) is 22.6. The largest absolute Gasteiger partial charge is 0.421 e. The highest BCUT2D eigenvalue weighted by Crippen LogP contribution is 2.11. The molecule has 1 N–H and O–H groups in total. The molecule has 0 spiro atoms. The fourth-order valence-corrected chi connectivity index (χ4v) is 2.07. The molecule has 0 aromatic heterocycles. The van der Waals surface area contributed by atoms with Crippen LogP contribution in [0.5, 0.6) is 0 Å². The average molecular weight is 521 g/mol. The summed E-state index contributed by atoms with van der Waals surface area (Å²) in [6, 6.07) is 1.12. The van der Waals surface area contributed by atoms with E-state index < -0.39 is 33.0 Å². The number of ether oxygens (including phenoxy) is 1. The lowest BCUT2D eigenvalue weighted by molar-refractivity contribution is 0.0922. The molecule has 0 saturated heterocycles. The summed E-state index contributed by atoms with van der Waals surface area (Å²) in [6.07, 6.45) is 1.03. The Morgan fingerprint density at radius 1 is 0.581 bits per heavy atom. The summed E-state index contributed by atoms with van der Waals surface area (Å²) in [5.74, 6) is 0. The van der Waals surface area contributed by atoms with E-state index in [1.807, 2.05) is 0 Å². The minimum absolute atomic E-state index is 0. The van der Waals surface area contributed by atoms with Gasteiger partial charge in [0, 0.05) is 36.0 Å². The van der Waals surface area contributed by atoms with Gasteiger partial charge in [0.15, 0.2) is 25.0 Å². The molecule has 0 radical (unpaired) electrons. The van der Waals surface area contributed by atoms with Gasteiger partial charge >= 0.3 is 0 Å². The number of hydrogen-bond donors (Lipinski definition) is 1. The Bertz CT molecular complexity index is 316. The van der Waals surface area contributed by atoms with Crippen LogP contribution in [0.25, 0.3) is 0 Å². The Labute approximate surface area is 203 Å². The van der Waals surface area contributed by atoms with Crippen LogP contribution in [-0.2, 0) is 18.0 Å². The van der Waals surface area contributed by atoms with Crippen LogP contribution in [0.3, 0.4) is 0 Å². The van der Waals surface area contributed by atoms with E-state index in [1.54, 1.807) is 21.3 Å². The number of hydrogen-bond acceptors (Lipinski definition) is 5. The molecule has 0 fully saturated rings. The van der Waals surface area contributed by atoms with Gasteiger partial charge in [0.1, 0.15) is 0 Å². The summed E-state index contributed by atoms with van der Waals surface area (Å²) in [5.41, 5.74) is 0. The van der Waals surface area contributed by atoms with Crippen LogP contribution >= 0.6 is 0 Å². The lowest BCUT2D eigenvalue weighted by Crippen LogP contribution is -2.28. The summed E-state index contributed by atoms with van der Waals surface area (Å²) in [6.45, 7) is 28.0. The lowest BCUT2D eigenvalue weighted by atomic mass is 10.5. The monoisotopic (exact) mass is 520 g/mol. The highest BCUT2D eigenvalue weighted by molar-refractivity contribution is 6.74. The Morgan fingerprint density at radius 3 is 1.06 bits per heavy atom. The van der Waals surface area contributed by atoms with Gasteiger partial charge in [0.2, 0.25) is 0 Å². The van der Waals surface area contributed by atoms with Gasteiger partial charge < -0.3 is 23.1 Å². The van der Waals surface area contributed by atoms with Gasteiger partial charge in [-0.3, -0.25) is 0 Å². The molecule has 0 aliphatic heterocycles. The first kappa shape index (κ1) is 45.2. The molecule has 9 heteroatoms. The summed E-state index contributed by atoms with van der Waals surface area (Å²) in [5, 5.41) is 8.43. The van der Waals surface area contributed by atoms with Crippen molar-refractivity contribution in [1.29, 1.82) is 0 Å². The molecule has 0 unspecified atom stereocenters. The zero-order chi connectivity index (χ0) is 24.4. The van der Waals surface area contributed by atoms with Gasteiger partial charge in [-0.1, -0.05) is 41.0 Å². The highest BCUT2D eigenvalue weighted by Gasteiger charge is 2.19. The number of aliphatic hydroxyl groups is 1. The van der Waals surface area contributed by atoms with E-state index in [0.717, 1.165) is 19.1 Å². The molecule has 0 bridgehead atoms. The number of rotatable bonds is 9. The van der Waals surface area contributed by atoms with Crippen molar-refractivity contribution >= 4 is 33.0 Å². The predicted octanol–water partition coefficient (Wildman–Crippen LogP) is 7.40. The van der Waals surface area contributed by atoms with Crippen LogP contribution < -0.4 is 0 Å². The highest BCUT2D eigenvalue weighted by atomic mass is 28.4. The molecule has 0 aromatic rings. The molecule has 0 saturated carbocycles. The predicted molar refractivity (Wildman–Crippen MR) is 155 cm³/mol. The van der Waals surface area contributed by atoms with Gasteiger partial charge in [-0.2, -0.15) is 0 Å². The molecule has 31 heavy (non-hydrogen) atoms. The summed E-state index contributed by atoms with van der Waals surface area (Å²) >= 11 is 0. The average Bonchev–Trinajstić information content (AvgIpc) is 2.53. The fourth-order valence-electron chi connectivity index (χ4n) is 0.869. The van der Waals surface area contributed by atoms with Crippen LogP contribution in [-0.4, -0.2) is 79.3 Å². The molecule has 5 nitrogen and oxygen atoms in total. The molecular weight excluding hydrogens is 457 g/mol. The fraction of sp³-hybridized carbons (Fsp3) is 1.00. The molecule has 0 aliphatic rings. The number of aliphatic hydroxyl groups excluding tert-OH is 1. The van der Waals surface area contributed by atoms with Crippen molar-refractivity contribution in [3.05, 3.63) is 0 Å². The Kier molecular flexibility index (Phi) is 34.7. The van der Waals surface area contributed by atoms with Gasteiger partial charge in [0.05, 0.1) is 13.2 Å². The van der Waals surface area contributed by atoms with Crippen molar-refractivity contribution in [2.24, 2.45) is 0 Å². The SMILES string of the molecule is C.C.CO[Si](C)(C)C.CO[Si](C)(C)C.CO[Si](C)(C)CCCOCCO.C[Si](C)(C)C. The van der Waals surface area contributed by atoms with Crippen LogP contribution in [0.15, 0.2) is 0 Å². The van der Waals surface area contributed by atoms with Gasteiger partial charge in [0.25, 0.3) is 0 Å². The van der Waals surface area contributed by atoms with Crippen LogP contribution in [0.4, 0.5) is 0 Å². The van der Waals surface area contributed by atoms with Crippen LogP contribution in [0.2, 0.25) is 84.6 Å². The maximum atomic E-state index is 8.43. The third-order valence-corrected chi connectivity index (χ3v) is 8.19. The van der Waals surface area contributed by atoms with Crippen molar-refractivity contribution in [2.45, 2.75) is 106 Å². The van der Waals surface area contributed by atoms with E-state index in [4.69, 9.17) is 23.1 Å². The molecule has 0 aliphatic carbocycles. The maximum absolute atomic E-state index is 8.43. The Morgan fingerprint density at radius 2 is 0.871 bits per heavy atom. The van der Waals surface area contributed by atoms with Crippen molar-refractivity contribution < 1.29 is 23.1 Å². The smallest absolute Gasteiger partial charge is 0.186 e. The molecule has 0 heterocycles. The van der Waals surface area contributed by atoms with Crippen LogP contribution in [0, 0.1) is 0 Å². The first-order valence-corrected chi connectivity index (χ1v) is 24.5. The van der Waals surface area contributed by atoms with Crippen molar-refractivity contribution in [3.63, 3.8) is 0 Å². The second-order valence-corrected chi connectivity index (χ2v) is 30.7. The zero-order valence-corrected chi connectivity index (χ0v) is 26.6. The summed E-state index contributed by atoms with van der Waals surface area (Å²) in [7, 11) is 1.07. The van der Waals surface area contributed by atoms with E-state index >= 15 is 0 Å². The van der Waals surface area contributed by atoms with Crippen molar-refractivity contribution in [3.8, 4) is 0 Å². The van der Waals surface area contributed by atoms with E-state index in [-0.39, 0.29) is 21.5 Å². The molecule has 0 rings (SSSR count). The quantitative estimate of drug-likeness (QED) is 0.253. The molecule has 0 aromatic carbocycles. The molecule has 0 atom stereocenters.